The summed E-state index contributed by atoms with van der Waals surface area (Å²) in [5.74, 6) is 0. The van der Waals surface area contributed by atoms with Crippen LogP contribution in [0.3, 0.4) is 0 Å². The van der Waals surface area contributed by atoms with Crippen molar-refractivity contribution in [3.63, 3.8) is 0 Å². The van der Waals surface area contributed by atoms with Crippen molar-refractivity contribution < 1.29 is 9.53 Å². The van der Waals surface area contributed by atoms with E-state index in [4.69, 9.17) is 4.74 Å². The van der Waals surface area contributed by atoms with E-state index in [2.05, 4.69) is 29.7 Å². The number of nitrogens with one attached hydrogen (secondary N) is 2. The van der Waals surface area contributed by atoms with Crippen LogP contribution in [-0.4, -0.2) is 38.6 Å². The van der Waals surface area contributed by atoms with Crippen molar-refractivity contribution >= 4 is 6.29 Å². The van der Waals surface area contributed by atoms with Crippen LogP contribution in [0.15, 0.2) is 30.3 Å². The molecule has 25 heavy (non-hydrogen) atoms. The molecule has 0 aliphatic rings. The normalized spacial score (nSPS) is 12.2. The Morgan fingerprint density at radius 2 is 1.72 bits per heavy atom. The fraction of sp³-hybridized carbons (Fsp3) is 0.667. The molecule has 2 N–H and O–H groups in total. The van der Waals surface area contributed by atoms with Crippen molar-refractivity contribution in [1.82, 2.24) is 10.6 Å². The summed E-state index contributed by atoms with van der Waals surface area (Å²) in [4.78, 5) is 11.1. The zero-order valence-corrected chi connectivity index (χ0v) is 15.8. The number of aldehydes is 1. The second kappa shape index (κ2) is 16.2. The highest BCUT2D eigenvalue weighted by atomic mass is 16.5. The molecule has 1 aromatic rings. The van der Waals surface area contributed by atoms with Gasteiger partial charge in [0, 0.05) is 26.3 Å². The maximum absolute atomic E-state index is 11.1. The molecule has 1 atom stereocenters. The van der Waals surface area contributed by atoms with Gasteiger partial charge in [-0.2, -0.15) is 0 Å². The zero-order chi connectivity index (χ0) is 18.0. The van der Waals surface area contributed by atoms with Gasteiger partial charge >= 0.3 is 0 Å². The molecule has 0 saturated carbocycles. The van der Waals surface area contributed by atoms with Gasteiger partial charge in [0.2, 0.25) is 0 Å². The summed E-state index contributed by atoms with van der Waals surface area (Å²) >= 11 is 0. The molecule has 0 fully saturated rings. The predicted molar refractivity (Wildman–Crippen MR) is 105 cm³/mol. The second-order valence-corrected chi connectivity index (χ2v) is 6.55. The first-order valence-corrected chi connectivity index (χ1v) is 9.88. The van der Waals surface area contributed by atoms with E-state index in [1.807, 2.05) is 18.2 Å². The summed E-state index contributed by atoms with van der Waals surface area (Å²) in [7, 11) is 0. The lowest BCUT2D eigenvalue weighted by Gasteiger charge is -2.13. The van der Waals surface area contributed by atoms with Gasteiger partial charge in [0.05, 0.1) is 6.04 Å². The molecule has 0 aliphatic heterocycles. The molecule has 4 heteroatoms. The highest BCUT2D eigenvalue weighted by Crippen LogP contribution is 2.04. The SMILES string of the molecule is CCCCCCCCOCCCNCC(C=O)NCc1ccccc1. The van der Waals surface area contributed by atoms with E-state index in [1.165, 1.54) is 44.1 Å². The van der Waals surface area contributed by atoms with E-state index >= 15 is 0 Å². The average molecular weight is 349 g/mol. The van der Waals surface area contributed by atoms with Gasteiger partial charge in [-0.15, -0.1) is 0 Å². The Labute approximate surface area is 153 Å². The van der Waals surface area contributed by atoms with Crippen molar-refractivity contribution in [2.24, 2.45) is 0 Å². The number of unbranched alkanes of at least 4 members (excludes halogenated alkanes) is 5. The Morgan fingerprint density at radius 3 is 2.48 bits per heavy atom. The predicted octanol–water partition coefficient (Wildman–Crippen LogP) is 3.70. The molecule has 0 radical (unpaired) electrons. The van der Waals surface area contributed by atoms with Crippen LogP contribution < -0.4 is 10.6 Å². The molecule has 0 aromatic heterocycles. The molecule has 0 saturated heterocycles. The van der Waals surface area contributed by atoms with E-state index < -0.39 is 0 Å². The largest absolute Gasteiger partial charge is 0.381 e. The highest BCUT2D eigenvalue weighted by molar-refractivity contribution is 5.57. The molecular formula is C21H36N2O2. The topological polar surface area (TPSA) is 50.4 Å². The molecule has 0 aliphatic carbocycles. The van der Waals surface area contributed by atoms with Crippen molar-refractivity contribution in [3.05, 3.63) is 35.9 Å². The minimum Gasteiger partial charge on any atom is -0.381 e. The molecule has 0 spiro atoms. The summed E-state index contributed by atoms with van der Waals surface area (Å²) < 4.78 is 5.65. The summed E-state index contributed by atoms with van der Waals surface area (Å²) in [6.07, 6.45) is 9.77. The quantitative estimate of drug-likeness (QED) is 0.333. The van der Waals surface area contributed by atoms with Crippen molar-refractivity contribution in [3.8, 4) is 0 Å². The van der Waals surface area contributed by atoms with Crippen molar-refractivity contribution in [1.29, 1.82) is 0 Å². The lowest BCUT2D eigenvalue weighted by molar-refractivity contribution is -0.109. The molecule has 0 bridgehead atoms. The Balaban J connectivity index is 1.89. The lowest BCUT2D eigenvalue weighted by atomic mass is 10.1. The molecule has 1 aromatic carbocycles. The molecular weight excluding hydrogens is 312 g/mol. The van der Waals surface area contributed by atoms with Crippen LogP contribution in [0.2, 0.25) is 0 Å². The number of hydrogen-bond donors (Lipinski definition) is 2. The van der Waals surface area contributed by atoms with Gasteiger partial charge < -0.3 is 20.2 Å². The van der Waals surface area contributed by atoms with Crippen LogP contribution in [0.1, 0.15) is 57.4 Å². The van der Waals surface area contributed by atoms with E-state index in [0.717, 1.165) is 32.5 Å². The van der Waals surface area contributed by atoms with Gasteiger partial charge in [-0.3, -0.25) is 0 Å². The number of benzene rings is 1. The van der Waals surface area contributed by atoms with Crippen LogP contribution in [0.5, 0.6) is 0 Å². The van der Waals surface area contributed by atoms with E-state index in [0.29, 0.717) is 13.1 Å². The van der Waals surface area contributed by atoms with Crippen LogP contribution in [-0.2, 0) is 16.1 Å². The first-order chi connectivity index (χ1) is 12.4. The van der Waals surface area contributed by atoms with Crippen LogP contribution >= 0.6 is 0 Å². The Hall–Kier alpha value is -1.23. The molecule has 4 nitrogen and oxygen atoms in total. The number of rotatable bonds is 17. The van der Waals surface area contributed by atoms with E-state index in [-0.39, 0.29) is 6.04 Å². The van der Waals surface area contributed by atoms with Gasteiger partial charge in [0.15, 0.2) is 0 Å². The van der Waals surface area contributed by atoms with Crippen LogP contribution in [0, 0.1) is 0 Å². The zero-order valence-electron chi connectivity index (χ0n) is 15.8. The average Bonchev–Trinajstić information content (AvgIpc) is 2.66. The maximum Gasteiger partial charge on any atom is 0.138 e. The Bertz CT molecular complexity index is 412. The number of hydrogen-bond acceptors (Lipinski definition) is 4. The lowest BCUT2D eigenvalue weighted by Crippen LogP contribution is -2.39. The van der Waals surface area contributed by atoms with Gasteiger partial charge in [-0.05, 0) is 24.9 Å². The van der Waals surface area contributed by atoms with Gasteiger partial charge in [0.1, 0.15) is 6.29 Å². The Morgan fingerprint density at radius 1 is 1.00 bits per heavy atom. The molecule has 0 amide bonds. The molecule has 1 rings (SSSR count). The standard InChI is InChI=1S/C21H36N2O2/c1-2-3-4-5-6-10-15-25-16-11-14-22-18-21(19-24)23-17-20-12-8-7-9-13-20/h7-9,12-13,19,21-23H,2-6,10-11,14-18H2,1H3. The van der Waals surface area contributed by atoms with Crippen LogP contribution in [0.25, 0.3) is 0 Å². The van der Waals surface area contributed by atoms with Gasteiger partial charge in [-0.25, -0.2) is 0 Å². The minimum atomic E-state index is -0.149. The Kier molecular flexibility index (Phi) is 14.2. The van der Waals surface area contributed by atoms with Crippen molar-refractivity contribution in [2.75, 3.05) is 26.3 Å². The van der Waals surface area contributed by atoms with E-state index in [1.54, 1.807) is 0 Å². The van der Waals surface area contributed by atoms with E-state index in [9.17, 15) is 4.79 Å². The first-order valence-electron chi connectivity index (χ1n) is 9.88. The molecule has 0 heterocycles. The summed E-state index contributed by atoms with van der Waals surface area (Å²) in [5.41, 5.74) is 1.19. The fourth-order valence-corrected chi connectivity index (χ4v) is 2.66. The third kappa shape index (κ3) is 12.7. The van der Waals surface area contributed by atoms with Gasteiger partial charge in [-0.1, -0.05) is 69.4 Å². The third-order valence-corrected chi connectivity index (χ3v) is 4.22. The third-order valence-electron chi connectivity index (χ3n) is 4.22. The number of carbonyl (C=O) groups excluding carboxylic acids is 1. The van der Waals surface area contributed by atoms with Crippen molar-refractivity contribution in [2.45, 2.75) is 64.5 Å². The van der Waals surface area contributed by atoms with Gasteiger partial charge in [0.25, 0.3) is 0 Å². The number of carbonyl (C=O) groups is 1. The summed E-state index contributed by atoms with van der Waals surface area (Å²) in [6.45, 7) is 6.18. The first kappa shape index (κ1) is 21.8. The smallest absolute Gasteiger partial charge is 0.138 e. The fourth-order valence-electron chi connectivity index (χ4n) is 2.66. The summed E-state index contributed by atoms with van der Waals surface area (Å²) in [5, 5.41) is 6.59. The summed E-state index contributed by atoms with van der Waals surface area (Å²) in [6, 6.07) is 9.99. The highest BCUT2D eigenvalue weighted by Gasteiger charge is 2.05. The molecule has 1 unspecified atom stereocenters. The minimum absolute atomic E-state index is 0.149. The maximum atomic E-state index is 11.1. The molecule has 142 valence electrons. The second-order valence-electron chi connectivity index (χ2n) is 6.55. The monoisotopic (exact) mass is 348 g/mol. The van der Waals surface area contributed by atoms with Crippen LogP contribution in [0.4, 0.5) is 0 Å². The number of ether oxygens (including phenoxy) is 1.